The highest BCUT2D eigenvalue weighted by molar-refractivity contribution is 6.32. The van der Waals surface area contributed by atoms with Gasteiger partial charge in [-0.05, 0) is 30.5 Å². The highest BCUT2D eigenvalue weighted by Gasteiger charge is 2.19. The lowest BCUT2D eigenvalue weighted by molar-refractivity contribution is -0.117. The van der Waals surface area contributed by atoms with E-state index in [4.69, 9.17) is 21.1 Å². The van der Waals surface area contributed by atoms with Crippen molar-refractivity contribution in [3.8, 4) is 17.6 Å². The molecule has 1 N–H and O–H groups in total. The van der Waals surface area contributed by atoms with Gasteiger partial charge in [0.05, 0.1) is 19.2 Å². The van der Waals surface area contributed by atoms with Crippen molar-refractivity contribution in [2.75, 3.05) is 14.2 Å². The first-order valence-corrected chi connectivity index (χ1v) is 7.81. The Morgan fingerprint density at radius 3 is 2.48 bits per heavy atom. The second-order valence-electron chi connectivity index (χ2n) is 5.35. The van der Waals surface area contributed by atoms with E-state index in [1.807, 2.05) is 6.07 Å². The third-order valence-electron chi connectivity index (χ3n) is 3.86. The number of benzene rings is 1. The molecule has 0 spiro atoms. The van der Waals surface area contributed by atoms with Crippen LogP contribution in [-0.4, -0.2) is 26.2 Å². The summed E-state index contributed by atoms with van der Waals surface area (Å²) in [6.45, 7) is 0. The van der Waals surface area contributed by atoms with E-state index in [0.717, 1.165) is 25.7 Å². The molecule has 0 heterocycles. The summed E-state index contributed by atoms with van der Waals surface area (Å²) in [6.07, 6.45) is 5.60. The average Bonchev–Trinajstić information content (AvgIpc) is 3.06. The van der Waals surface area contributed by atoms with Crippen LogP contribution in [0.4, 0.5) is 0 Å². The van der Waals surface area contributed by atoms with Crippen LogP contribution in [0.3, 0.4) is 0 Å². The molecule has 0 unspecified atom stereocenters. The number of carbonyl (C=O) groups excluding carboxylic acids is 1. The third-order valence-corrected chi connectivity index (χ3v) is 4.19. The Bertz CT molecular complexity index is 659. The molecule has 0 bridgehead atoms. The minimum Gasteiger partial charge on any atom is -0.493 e. The van der Waals surface area contributed by atoms with Crippen LogP contribution in [0.5, 0.6) is 11.5 Å². The van der Waals surface area contributed by atoms with Crippen LogP contribution in [-0.2, 0) is 4.79 Å². The van der Waals surface area contributed by atoms with Gasteiger partial charge in [0.1, 0.15) is 11.6 Å². The molecule has 6 heteroatoms. The summed E-state index contributed by atoms with van der Waals surface area (Å²) in [5.41, 5.74) is 0.549. The maximum atomic E-state index is 12.2. The molecule has 1 aromatic carbocycles. The number of nitrogens with one attached hydrogen (secondary N) is 1. The quantitative estimate of drug-likeness (QED) is 0.662. The lowest BCUT2D eigenvalue weighted by Gasteiger charge is -2.12. The molecule has 1 fully saturated rings. The molecule has 1 aromatic rings. The number of methoxy groups -OCH3 is 2. The first-order valence-electron chi connectivity index (χ1n) is 7.43. The summed E-state index contributed by atoms with van der Waals surface area (Å²) in [5.74, 6) is 0.602. The summed E-state index contributed by atoms with van der Waals surface area (Å²) in [6, 6.07) is 5.32. The smallest absolute Gasteiger partial charge is 0.262 e. The molecule has 0 aromatic heterocycles. The molecule has 1 saturated carbocycles. The van der Waals surface area contributed by atoms with Gasteiger partial charge in [0.25, 0.3) is 5.91 Å². The van der Waals surface area contributed by atoms with Crippen LogP contribution in [0.25, 0.3) is 6.08 Å². The van der Waals surface area contributed by atoms with E-state index >= 15 is 0 Å². The number of ether oxygens (including phenoxy) is 2. The Kier molecular flexibility index (Phi) is 5.89. The van der Waals surface area contributed by atoms with E-state index < -0.39 is 0 Å². The van der Waals surface area contributed by atoms with Crippen molar-refractivity contribution >= 4 is 23.6 Å². The number of nitrogens with zero attached hydrogens (tertiary/aromatic N) is 1. The molecular weight excluding hydrogens is 316 g/mol. The zero-order chi connectivity index (χ0) is 16.8. The lowest BCUT2D eigenvalue weighted by atomic mass is 10.1. The molecule has 2 rings (SSSR count). The van der Waals surface area contributed by atoms with Crippen molar-refractivity contribution in [3.05, 3.63) is 28.3 Å². The molecule has 0 atom stereocenters. The minimum absolute atomic E-state index is 0.0195. The maximum Gasteiger partial charge on any atom is 0.262 e. The van der Waals surface area contributed by atoms with Crippen LogP contribution in [0.15, 0.2) is 17.7 Å². The molecular formula is C17H19ClN2O3. The Hall–Kier alpha value is -2.19. The van der Waals surface area contributed by atoms with Crippen LogP contribution in [0.2, 0.25) is 5.02 Å². The average molecular weight is 335 g/mol. The monoisotopic (exact) mass is 334 g/mol. The standard InChI is InChI=1S/C17H19ClN2O3/c1-22-15-8-11(14(18)9-16(15)23-2)7-12(10-19)17(21)20-13-5-3-4-6-13/h7-9,13H,3-6H2,1-2H3,(H,20,21)/b12-7-. The molecule has 122 valence electrons. The SMILES string of the molecule is COc1cc(Cl)c(/C=C(/C#N)C(=O)NC2CCCC2)cc1OC. The van der Waals surface area contributed by atoms with Crippen LogP contribution in [0, 0.1) is 11.3 Å². The van der Waals surface area contributed by atoms with Gasteiger partial charge in [-0.2, -0.15) is 5.26 Å². The fourth-order valence-corrected chi connectivity index (χ4v) is 2.83. The number of carbonyl (C=O) groups is 1. The summed E-state index contributed by atoms with van der Waals surface area (Å²) >= 11 is 6.19. The van der Waals surface area contributed by atoms with Gasteiger partial charge in [0, 0.05) is 12.1 Å². The number of nitriles is 1. The number of rotatable bonds is 5. The fraction of sp³-hybridized carbons (Fsp3) is 0.412. The Labute approximate surface area is 140 Å². The zero-order valence-corrected chi connectivity index (χ0v) is 13.9. The van der Waals surface area contributed by atoms with Gasteiger partial charge in [-0.3, -0.25) is 4.79 Å². The van der Waals surface area contributed by atoms with Crippen molar-refractivity contribution in [1.29, 1.82) is 5.26 Å². The van der Waals surface area contributed by atoms with E-state index in [1.165, 1.54) is 20.3 Å². The van der Waals surface area contributed by atoms with E-state index in [0.29, 0.717) is 22.1 Å². The van der Waals surface area contributed by atoms with Gasteiger partial charge in [-0.25, -0.2) is 0 Å². The van der Waals surface area contributed by atoms with Gasteiger partial charge in [-0.15, -0.1) is 0 Å². The van der Waals surface area contributed by atoms with Crippen LogP contribution < -0.4 is 14.8 Å². The molecule has 1 amide bonds. The van der Waals surface area contributed by atoms with Crippen molar-refractivity contribution in [2.24, 2.45) is 0 Å². The molecule has 23 heavy (non-hydrogen) atoms. The van der Waals surface area contributed by atoms with Crippen molar-refractivity contribution in [3.63, 3.8) is 0 Å². The third kappa shape index (κ3) is 4.17. The van der Waals surface area contributed by atoms with Gasteiger partial charge < -0.3 is 14.8 Å². The summed E-state index contributed by atoms with van der Waals surface area (Å²) in [5, 5.41) is 12.5. The van der Waals surface area contributed by atoms with Gasteiger partial charge in [0.15, 0.2) is 11.5 Å². The minimum atomic E-state index is -0.370. The van der Waals surface area contributed by atoms with E-state index in [2.05, 4.69) is 5.32 Å². The molecule has 1 aliphatic rings. The topological polar surface area (TPSA) is 71.3 Å². The number of halogens is 1. The molecule has 0 radical (unpaired) electrons. The Morgan fingerprint density at radius 2 is 1.91 bits per heavy atom. The zero-order valence-electron chi connectivity index (χ0n) is 13.2. The second kappa shape index (κ2) is 7.89. The first-order chi connectivity index (χ1) is 11.1. The number of hydrogen-bond donors (Lipinski definition) is 1. The summed E-state index contributed by atoms with van der Waals surface area (Å²) in [4.78, 5) is 12.2. The highest BCUT2D eigenvalue weighted by atomic mass is 35.5. The summed E-state index contributed by atoms with van der Waals surface area (Å²) in [7, 11) is 3.02. The molecule has 5 nitrogen and oxygen atoms in total. The summed E-state index contributed by atoms with van der Waals surface area (Å²) < 4.78 is 10.4. The highest BCUT2D eigenvalue weighted by Crippen LogP contribution is 2.34. The largest absolute Gasteiger partial charge is 0.493 e. The normalized spacial score (nSPS) is 15.1. The van der Waals surface area contributed by atoms with E-state index in [-0.39, 0.29) is 17.5 Å². The van der Waals surface area contributed by atoms with Gasteiger partial charge in [0.2, 0.25) is 0 Å². The van der Waals surface area contributed by atoms with E-state index in [9.17, 15) is 10.1 Å². The molecule has 1 aliphatic carbocycles. The first kappa shape index (κ1) is 17.2. The lowest BCUT2D eigenvalue weighted by Crippen LogP contribution is -2.33. The maximum absolute atomic E-state index is 12.2. The predicted molar refractivity (Wildman–Crippen MR) is 88.5 cm³/mol. The second-order valence-corrected chi connectivity index (χ2v) is 5.76. The van der Waals surface area contributed by atoms with E-state index in [1.54, 1.807) is 12.1 Å². The van der Waals surface area contributed by atoms with Crippen molar-refractivity contribution in [1.82, 2.24) is 5.32 Å². The number of hydrogen-bond acceptors (Lipinski definition) is 4. The predicted octanol–water partition coefficient (Wildman–Crippen LogP) is 3.32. The van der Waals surface area contributed by atoms with Crippen molar-refractivity contribution < 1.29 is 14.3 Å². The van der Waals surface area contributed by atoms with Crippen molar-refractivity contribution in [2.45, 2.75) is 31.7 Å². The van der Waals surface area contributed by atoms with Gasteiger partial charge in [-0.1, -0.05) is 24.4 Å². The Morgan fingerprint density at radius 1 is 1.30 bits per heavy atom. The molecule has 0 aliphatic heterocycles. The Balaban J connectivity index is 2.26. The van der Waals surface area contributed by atoms with Crippen LogP contribution >= 0.6 is 11.6 Å². The van der Waals surface area contributed by atoms with Crippen LogP contribution in [0.1, 0.15) is 31.2 Å². The fourth-order valence-electron chi connectivity index (χ4n) is 2.62. The molecule has 0 saturated heterocycles. The van der Waals surface area contributed by atoms with Gasteiger partial charge >= 0.3 is 0 Å². The number of amides is 1.